The molecule has 12 heavy (non-hydrogen) atoms. The second kappa shape index (κ2) is 11.6. The maximum absolute atomic E-state index is 5.51. The predicted octanol–water partition coefficient (Wildman–Crippen LogP) is 2.33. The van der Waals surface area contributed by atoms with Gasteiger partial charge in [-0.15, -0.1) is 0 Å². The molecule has 0 aliphatic carbocycles. The largest absolute Gasteiger partial charge is 0.461 e. The standard InChI is InChI=1S/C4H14OSi2.C4H6.Pt/c1-6-5-7(2,3)4;1-3-4-2;/h6H2,1-4H3;3-4H,1-2H2;. The third kappa shape index (κ3) is 31.2. The third-order valence-electron chi connectivity index (χ3n) is 0.744. The van der Waals surface area contributed by atoms with E-state index in [2.05, 4.69) is 39.3 Å². The molecule has 0 aromatic rings. The molecule has 0 bridgehead atoms. The molecule has 0 aromatic heterocycles. The van der Waals surface area contributed by atoms with Crippen LogP contribution in [-0.2, 0) is 25.2 Å². The average molecular weight is 383 g/mol. The molecule has 0 rings (SSSR count). The second-order valence-electron chi connectivity index (χ2n) is 3.02. The summed E-state index contributed by atoms with van der Waals surface area (Å²) in [6.45, 7) is 15.6. The Morgan fingerprint density at radius 1 is 1.17 bits per heavy atom. The Bertz CT molecular complexity index is 104. The van der Waals surface area contributed by atoms with Crippen LogP contribution in [0.5, 0.6) is 0 Å². The Kier molecular flexibility index (Phi) is 17.7. The van der Waals surface area contributed by atoms with Crippen LogP contribution in [0.3, 0.4) is 0 Å². The molecule has 0 N–H and O–H groups in total. The Balaban J connectivity index is -0.000000142. The molecule has 0 fully saturated rings. The molecular weight excluding hydrogens is 363 g/mol. The first-order valence-electron chi connectivity index (χ1n) is 3.85. The van der Waals surface area contributed by atoms with Crippen molar-refractivity contribution >= 4 is 18.1 Å². The fraction of sp³-hybridized carbons (Fsp3) is 0.500. The van der Waals surface area contributed by atoms with E-state index in [1.807, 2.05) is 0 Å². The van der Waals surface area contributed by atoms with E-state index in [0.29, 0.717) is 0 Å². The first-order chi connectivity index (χ1) is 4.97. The number of hydrogen-bond acceptors (Lipinski definition) is 1. The van der Waals surface area contributed by atoms with Crippen LogP contribution in [0.15, 0.2) is 25.3 Å². The molecule has 4 heteroatoms. The van der Waals surface area contributed by atoms with Crippen LogP contribution in [0.2, 0.25) is 26.2 Å². The van der Waals surface area contributed by atoms with E-state index in [1.165, 1.54) is 0 Å². The zero-order chi connectivity index (χ0) is 9.33. The van der Waals surface area contributed by atoms with Gasteiger partial charge in [0.15, 0.2) is 8.32 Å². The van der Waals surface area contributed by atoms with Gasteiger partial charge in [0, 0.05) is 21.1 Å². The molecule has 0 aliphatic heterocycles. The molecule has 0 amide bonds. The molecule has 0 saturated carbocycles. The van der Waals surface area contributed by atoms with Gasteiger partial charge in [0.25, 0.3) is 0 Å². The minimum Gasteiger partial charge on any atom is -0.461 e. The van der Waals surface area contributed by atoms with Crippen LogP contribution in [0.1, 0.15) is 0 Å². The molecule has 0 spiro atoms. The summed E-state index contributed by atoms with van der Waals surface area (Å²) in [5.41, 5.74) is 0. The monoisotopic (exact) mass is 383 g/mol. The van der Waals surface area contributed by atoms with Gasteiger partial charge < -0.3 is 4.12 Å². The maximum Gasteiger partial charge on any atom is 0.169 e. The minimum absolute atomic E-state index is 0. The first-order valence-corrected chi connectivity index (χ1v) is 9.25. The van der Waals surface area contributed by atoms with Crippen molar-refractivity contribution in [3.8, 4) is 0 Å². The molecule has 0 aromatic carbocycles. The van der Waals surface area contributed by atoms with Crippen LogP contribution in [0, 0.1) is 0 Å². The molecule has 76 valence electrons. The maximum atomic E-state index is 5.51. The number of allylic oxidation sites excluding steroid dienone is 2. The normalized spacial score (nSPS) is 9.67. The van der Waals surface area contributed by atoms with E-state index in [9.17, 15) is 0 Å². The van der Waals surface area contributed by atoms with Gasteiger partial charge in [-0.1, -0.05) is 31.9 Å². The topological polar surface area (TPSA) is 9.23 Å². The van der Waals surface area contributed by atoms with Crippen molar-refractivity contribution in [2.24, 2.45) is 0 Å². The van der Waals surface area contributed by atoms with E-state index in [-0.39, 0.29) is 30.8 Å². The molecule has 0 atom stereocenters. The van der Waals surface area contributed by atoms with Crippen LogP contribution < -0.4 is 0 Å². The van der Waals surface area contributed by atoms with E-state index in [0.717, 1.165) is 0 Å². The zero-order valence-electron chi connectivity index (χ0n) is 8.50. The summed E-state index contributed by atoms with van der Waals surface area (Å²) in [6.07, 6.45) is 3.28. The molecule has 0 aliphatic rings. The van der Waals surface area contributed by atoms with Crippen molar-refractivity contribution in [1.82, 2.24) is 0 Å². The molecule has 0 heterocycles. The summed E-state index contributed by atoms with van der Waals surface area (Å²) in [4.78, 5) is 0. The van der Waals surface area contributed by atoms with Crippen molar-refractivity contribution in [3.05, 3.63) is 25.3 Å². The summed E-state index contributed by atoms with van der Waals surface area (Å²) in [7, 11) is -1.22. The van der Waals surface area contributed by atoms with Crippen molar-refractivity contribution in [2.75, 3.05) is 0 Å². The first kappa shape index (κ1) is 18.4. The SMILES string of the molecule is C=CC=C.C[SiH2]O[Si](C)(C)C.[Pt]. The number of hydrogen-bond donors (Lipinski definition) is 0. The fourth-order valence-electron chi connectivity index (χ4n) is 0.433. The van der Waals surface area contributed by atoms with E-state index in [4.69, 9.17) is 4.12 Å². The molecule has 0 unspecified atom stereocenters. The smallest absolute Gasteiger partial charge is 0.169 e. The van der Waals surface area contributed by atoms with Crippen LogP contribution in [-0.4, -0.2) is 18.1 Å². The molecule has 1 nitrogen and oxygen atoms in total. The van der Waals surface area contributed by atoms with Crippen molar-refractivity contribution in [3.63, 3.8) is 0 Å². The Labute approximate surface area is 94.6 Å². The van der Waals surface area contributed by atoms with Gasteiger partial charge in [-0.25, -0.2) is 0 Å². The summed E-state index contributed by atoms with van der Waals surface area (Å²) in [6, 6.07) is 0. The minimum atomic E-state index is -1.10. The van der Waals surface area contributed by atoms with E-state index < -0.39 is 8.32 Å². The van der Waals surface area contributed by atoms with Crippen LogP contribution >= 0.6 is 0 Å². The van der Waals surface area contributed by atoms with Gasteiger partial charge in [0.1, 0.15) is 9.76 Å². The molecule has 0 radical (unpaired) electrons. The third-order valence-corrected chi connectivity index (χ3v) is 5.36. The fourth-order valence-corrected chi connectivity index (χ4v) is 3.90. The predicted molar refractivity (Wildman–Crippen MR) is 59.2 cm³/mol. The molecular formula is C8H20OPtSi2. The Morgan fingerprint density at radius 3 is 1.50 bits per heavy atom. The van der Waals surface area contributed by atoms with E-state index in [1.54, 1.807) is 12.2 Å². The van der Waals surface area contributed by atoms with E-state index >= 15 is 0 Å². The Hall–Kier alpha value is 0.562. The zero-order valence-corrected chi connectivity index (χ0v) is 13.2. The van der Waals surface area contributed by atoms with Gasteiger partial charge in [-0.05, 0) is 19.6 Å². The quantitative estimate of drug-likeness (QED) is 0.537. The van der Waals surface area contributed by atoms with Gasteiger partial charge in [0.2, 0.25) is 0 Å². The summed E-state index contributed by atoms with van der Waals surface area (Å²) in [5, 5.41) is 0. The summed E-state index contributed by atoms with van der Waals surface area (Å²) >= 11 is 0. The van der Waals surface area contributed by atoms with Crippen LogP contribution in [0.25, 0.3) is 0 Å². The average Bonchev–Trinajstić information content (AvgIpc) is 1.86. The van der Waals surface area contributed by atoms with Gasteiger partial charge in [-0.2, -0.15) is 0 Å². The van der Waals surface area contributed by atoms with Gasteiger partial charge >= 0.3 is 0 Å². The van der Waals surface area contributed by atoms with Crippen LogP contribution in [0.4, 0.5) is 0 Å². The summed E-state index contributed by atoms with van der Waals surface area (Å²) in [5.74, 6) is 0. The van der Waals surface area contributed by atoms with Crippen molar-refractivity contribution in [1.29, 1.82) is 0 Å². The van der Waals surface area contributed by atoms with Gasteiger partial charge in [0.05, 0.1) is 0 Å². The van der Waals surface area contributed by atoms with Crippen molar-refractivity contribution < 1.29 is 25.2 Å². The second-order valence-corrected chi connectivity index (χ2v) is 8.97. The molecule has 0 saturated heterocycles. The Morgan fingerprint density at radius 2 is 1.50 bits per heavy atom. The van der Waals surface area contributed by atoms with Gasteiger partial charge in [-0.3, -0.25) is 0 Å². The summed E-state index contributed by atoms with van der Waals surface area (Å²) < 4.78 is 5.51. The van der Waals surface area contributed by atoms with Crippen molar-refractivity contribution in [2.45, 2.75) is 26.2 Å². The number of rotatable bonds is 3.